The molecule has 0 amide bonds. The molecule has 0 aliphatic carbocycles. The standard InChI is InChI=1S/C22H18Cl3F3N6O/c23-14-6-4-13(5-7-14)21-32-34(20(12-35)33(21)9-8-22(26,27)28)11-19-29-18(30-31-19)10-15-16(24)2-1-3-17(15)25/h1-7,12,20H,8-11H2,(H,29,30,31). The zero-order valence-corrected chi connectivity index (χ0v) is 20.2. The molecule has 184 valence electrons. The average molecular weight is 546 g/mol. The van der Waals surface area contributed by atoms with Crippen LogP contribution in [0.5, 0.6) is 0 Å². The number of alkyl halides is 3. The molecule has 1 atom stereocenters. The van der Waals surface area contributed by atoms with E-state index in [1.165, 1.54) is 9.91 Å². The first-order chi connectivity index (χ1) is 16.6. The predicted molar refractivity (Wildman–Crippen MR) is 126 cm³/mol. The maximum Gasteiger partial charge on any atom is 0.390 e. The third kappa shape index (κ3) is 6.06. The average Bonchev–Trinajstić information content (AvgIpc) is 3.39. The Kier molecular flexibility index (Phi) is 7.53. The first-order valence-electron chi connectivity index (χ1n) is 10.4. The molecule has 0 saturated heterocycles. The summed E-state index contributed by atoms with van der Waals surface area (Å²) in [7, 11) is 0. The van der Waals surface area contributed by atoms with Crippen LogP contribution >= 0.6 is 34.8 Å². The molecule has 13 heteroatoms. The predicted octanol–water partition coefficient (Wildman–Crippen LogP) is 5.31. The van der Waals surface area contributed by atoms with Crippen LogP contribution in [0.15, 0.2) is 47.6 Å². The molecule has 1 unspecified atom stereocenters. The number of nitrogens with zero attached hydrogens (tertiary/aromatic N) is 5. The highest BCUT2D eigenvalue weighted by molar-refractivity contribution is 6.36. The fraction of sp³-hybridized carbons (Fsp3) is 0.273. The van der Waals surface area contributed by atoms with Crippen LogP contribution in [0.25, 0.3) is 0 Å². The minimum Gasteiger partial charge on any atom is -0.327 e. The molecule has 1 aliphatic rings. The molecule has 4 rings (SSSR count). The van der Waals surface area contributed by atoms with Crippen LogP contribution in [-0.4, -0.2) is 56.1 Å². The Balaban J connectivity index is 1.57. The number of hydrogen-bond acceptors (Lipinski definition) is 6. The molecule has 0 radical (unpaired) electrons. The van der Waals surface area contributed by atoms with E-state index in [-0.39, 0.29) is 18.8 Å². The van der Waals surface area contributed by atoms with Gasteiger partial charge in [0.1, 0.15) is 5.82 Å². The first-order valence-corrected chi connectivity index (χ1v) is 11.5. The monoisotopic (exact) mass is 544 g/mol. The molecule has 1 N–H and O–H groups in total. The van der Waals surface area contributed by atoms with Crippen LogP contribution < -0.4 is 0 Å². The molecule has 1 aliphatic heterocycles. The van der Waals surface area contributed by atoms with E-state index in [0.29, 0.717) is 44.1 Å². The number of benzene rings is 2. The second kappa shape index (κ2) is 10.4. The van der Waals surface area contributed by atoms with Crippen molar-refractivity contribution in [1.29, 1.82) is 0 Å². The van der Waals surface area contributed by atoms with Crippen molar-refractivity contribution < 1.29 is 18.0 Å². The van der Waals surface area contributed by atoms with Crippen LogP contribution in [0.2, 0.25) is 15.1 Å². The number of carbonyl (C=O) groups excluding carboxylic acids is 1. The van der Waals surface area contributed by atoms with E-state index in [1.54, 1.807) is 42.5 Å². The highest BCUT2D eigenvalue weighted by atomic mass is 35.5. The third-order valence-electron chi connectivity index (χ3n) is 5.27. The maximum atomic E-state index is 13.0. The smallest absolute Gasteiger partial charge is 0.327 e. The quantitative estimate of drug-likeness (QED) is 0.388. The van der Waals surface area contributed by atoms with Gasteiger partial charge in [-0.05, 0) is 42.0 Å². The summed E-state index contributed by atoms with van der Waals surface area (Å²) in [5.41, 5.74) is 1.19. The molecule has 0 bridgehead atoms. The number of aldehydes is 1. The molecule has 2 heterocycles. The van der Waals surface area contributed by atoms with Crippen LogP contribution in [0.1, 0.15) is 29.2 Å². The van der Waals surface area contributed by atoms with Crippen molar-refractivity contribution in [2.24, 2.45) is 5.10 Å². The molecular formula is C22H18Cl3F3N6O. The van der Waals surface area contributed by atoms with Gasteiger partial charge in [0.15, 0.2) is 24.1 Å². The number of aromatic nitrogens is 3. The van der Waals surface area contributed by atoms with E-state index in [1.807, 2.05) is 0 Å². The number of aromatic amines is 1. The summed E-state index contributed by atoms with van der Waals surface area (Å²) in [5.74, 6) is 1.00. The Hall–Kier alpha value is -2.82. The van der Waals surface area contributed by atoms with Gasteiger partial charge in [0, 0.05) is 33.6 Å². The van der Waals surface area contributed by atoms with Gasteiger partial charge in [0.2, 0.25) is 0 Å². The van der Waals surface area contributed by atoms with E-state index < -0.39 is 25.3 Å². The number of rotatable bonds is 8. The van der Waals surface area contributed by atoms with Crippen LogP contribution in [0.3, 0.4) is 0 Å². The number of hydrazone groups is 1. The van der Waals surface area contributed by atoms with Gasteiger partial charge in [-0.1, -0.05) is 40.9 Å². The van der Waals surface area contributed by atoms with Crippen LogP contribution in [0, 0.1) is 0 Å². The molecule has 7 nitrogen and oxygen atoms in total. The Morgan fingerprint density at radius 3 is 2.37 bits per heavy atom. The van der Waals surface area contributed by atoms with Gasteiger partial charge in [0.05, 0.1) is 13.0 Å². The summed E-state index contributed by atoms with van der Waals surface area (Å²) in [6, 6.07) is 11.6. The topological polar surface area (TPSA) is 77.5 Å². The van der Waals surface area contributed by atoms with Crippen molar-refractivity contribution in [3.63, 3.8) is 0 Å². The lowest BCUT2D eigenvalue weighted by atomic mass is 10.1. The van der Waals surface area contributed by atoms with Gasteiger partial charge >= 0.3 is 6.18 Å². The summed E-state index contributed by atoms with van der Waals surface area (Å²) >= 11 is 18.4. The summed E-state index contributed by atoms with van der Waals surface area (Å²) < 4.78 is 38.9. The van der Waals surface area contributed by atoms with Gasteiger partial charge < -0.3 is 4.90 Å². The summed E-state index contributed by atoms with van der Waals surface area (Å²) in [4.78, 5) is 17.7. The van der Waals surface area contributed by atoms with Gasteiger partial charge in [-0.15, -0.1) is 0 Å². The second-order valence-corrected chi connectivity index (χ2v) is 8.96. The highest BCUT2D eigenvalue weighted by Crippen LogP contribution is 2.28. The molecule has 2 aromatic carbocycles. The Morgan fingerprint density at radius 2 is 1.74 bits per heavy atom. The van der Waals surface area contributed by atoms with E-state index in [9.17, 15) is 18.0 Å². The zero-order valence-electron chi connectivity index (χ0n) is 17.9. The van der Waals surface area contributed by atoms with Gasteiger partial charge in [-0.2, -0.15) is 23.4 Å². The van der Waals surface area contributed by atoms with Gasteiger partial charge in [-0.3, -0.25) is 14.9 Å². The third-order valence-corrected chi connectivity index (χ3v) is 6.23. The molecule has 35 heavy (non-hydrogen) atoms. The number of amidine groups is 1. The lowest BCUT2D eigenvalue weighted by Crippen LogP contribution is -2.44. The normalized spacial score (nSPS) is 16.1. The fourth-order valence-electron chi connectivity index (χ4n) is 3.60. The lowest BCUT2D eigenvalue weighted by molar-refractivity contribution is -0.139. The minimum absolute atomic E-state index is 0.00622. The first kappa shape index (κ1) is 25.3. The zero-order chi connectivity index (χ0) is 25.2. The summed E-state index contributed by atoms with van der Waals surface area (Å²) in [6.07, 6.45) is -5.75. The summed E-state index contributed by atoms with van der Waals surface area (Å²) in [5, 5.41) is 14.2. The fourth-order valence-corrected chi connectivity index (χ4v) is 4.26. The number of H-pyrrole nitrogens is 1. The highest BCUT2D eigenvalue weighted by Gasteiger charge is 2.38. The van der Waals surface area contributed by atoms with Crippen molar-refractivity contribution >= 4 is 46.9 Å². The van der Waals surface area contributed by atoms with Crippen molar-refractivity contribution in [3.05, 3.63) is 80.3 Å². The minimum atomic E-state index is -4.40. The van der Waals surface area contributed by atoms with Crippen molar-refractivity contribution in [2.45, 2.75) is 31.7 Å². The van der Waals surface area contributed by atoms with E-state index in [2.05, 4.69) is 20.3 Å². The van der Waals surface area contributed by atoms with Gasteiger partial charge in [-0.25, -0.2) is 4.98 Å². The SMILES string of the molecule is O=CC1N(Cc2nc(Cc3c(Cl)cccc3Cl)n[nH]2)N=C(c2ccc(Cl)cc2)N1CCC(F)(F)F. The van der Waals surface area contributed by atoms with Crippen molar-refractivity contribution in [3.8, 4) is 0 Å². The van der Waals surface area contributed by atoms with E-state index in [0.717, 1.165) is 0 Å². The number of halogens is 6. The van der Waals surface area contributed by atoms with Gasteiger partial charge in [0.25, 0.3) is 0 Å². The van der Waals surface area contributed by atoms with E-state index >= 15 is 0 Å². The lowest BCUT2D eigenvalue weighted by Gasteiger charge is -2.27. The Labute approximate surface area is 213 Å². The van der Waals surface area contributed by atoms with Crippen LogP contribution in [0.4, 0.5) is 13.2 Å². The van der Waals surface area contributed by atoms with E-state index in [4.69, 9.17) is 34.8 Å². The second-order valence-electron chi connectivity index (χ2n) is 7.71. The Bertz CT molecular complexity index is 1210. The number of nitrogens with one attached hydrogen (secondary N) is 1. The number of carbonyl (C=O) groups is 1. The van der Waals surface area contributed by atoms with Crippen LogP contribution in [-0.2, 0) is 17.8 Å². The number of hydrogen-bond donors (Lipinski definition) is 1. The Morgan fingerprint density at radius 1 is 1.06 bits per heavy atom. The molecule has 0 saturated carbocycles. The summed E-state index contributed by atoms with van der Waals surface area (Å²) in [6.45, 7) is -0.441. The van der Waals surface area contributed by atoms with Crippen molar-refractivity contribution in [2.75, 3.05) is 6.54 Å². The molecule has 0 fully saturated rings. The molecule has 3 aromatic rings. The maximum absolute atomic E-state index is 13.0. The molecular weight excluding hydrogens is 528 g/mol. The molecule has 0 spiro atoms. The van der Waals surface area contributed by atoms with Crippen molar-refractivity contribution in [1.82, 2.24) is 25.1 Å². The largest absolute Gasteiger partial charge is 0.390 e. The molecule has 1 aromatic heterocycles.